The van der Waals surface area contributed by atoms with Gasteiger partial charge in [-0.3, -0.25) is 4.79 Å². The number of benzene rings is 2. The molecule has 0 spiro atoms. The second kappa shape index (κ2) is 8.39. The van der Waals surface area contributed by atoms with Crippen molar-refractivity contribution in [3.05, 3.63) is 65.4 Å². The maximum absolute atomic E-state index is 13.4. The van der Waals surface area contributed by atoms with E-state index in [9.17, 15) is 4.79 Å². The van der Waals surface area contributed by atoms with E-state index >= 15 is 0 Å². The summed E-state index contributed by atoms with van der Waals surface area (Å²) < 4.78 is 7.72. The highest BCUT2D eigenvalue weighted by Crippen LogP contribution is 2.30. The van der Waals surface area contributed by atoms with Gasteiger partial charge in [0.2, 0.25) is 5.78 Å². The number of aromatic nitrogens is 1. The Morgan fingerprint density at radius 2 is 1.79 bits per heavy atom. The fourth-order valence-electron chi connectivity index (χ4n) is 4.43. The van der Waals surface area contributed by atoms with E-state index in [4.69, 9.17) is 4.74 Å². The van der Waals surface area contributed by atoms with Gasteiger partial charge < -0.3 is 19.1 Å². The van der Waals surface area contributed by atoms with Gasteiger partial charge in [-0.25, -0.2) is 0 Å². The molecule has 152 valence electrons. The van der Waals surface area contributed by atoms with E-state index in [-0.39, 0.29) is 5.78 Å². The summed E-state index contributed by atoms with van der Waals surface area (Å²) >= 11 is 0. The molecule has 29 heavy (non-hydrogen) atoms. The largest absolute Gasteiger partial charge is 0.497 e. The lowest BCUT2D eigenvalue weighted by atomic mass is 10.1. The Morgan fingerprint density at radius 3 is 2.48 bits per heavy atom. The standard InChI is InChI=1S/C24H29N3O2/c1-18-24(23(28)17-26-13-11-25(2)12-14-26)21-15-20(29-3)9-10-22(21)27(18)16-19-7-5-4-6-8-19/h4-10,15H,11-14,16-17H2,1-3H3/p+2. The molecule has 0 aliphatic carbocycles. The molecule has 3 aromatic rings. The average Bonchev–Trinajstić information content (AvgIpc) is 3.01. The van der Waals surface area contributed by atoms with Crippen LogP contribution >= 0.6 is 0 Å². The van der Waals surface area contributed by atoms with Gasteiger partial charge in [-0.2, -0.15) is 0 Å². The number of carbonyl (C=O) groups excluding carboxylic acids is 1. The predicted octanol–water partition coefficient (Wildman–Crippen LogP) is 0.603. The molecule has 1 aliphatic rings. The molecule has 1 aliphatic heterocycles. The molecule has 1 saturated heterocycles. The van der Waals surface area contributed by atoms with Gasteiger partial charge in [0.1, 0.15) is 38.5 Å². The van der Waals surface area contributed by atoms with Crippen molar-refractivity contribution in [2.24, 2.45) is 0 Å². The number of Topliss-reactive ketones (excluding diaryl/α,β-unsaturated/α-hetero) is 1. The number of hydrogen-bond acceptors (Lipinski definition) is 2. The van der Waals surface area contributed by atoms with Crippen LogP contribution in [0.15, 0.2) is 48.5 Å². The van der Waals surface area contributed by atoms with Crippen molar-refractivity contribution in [1.29, 1.82) is 0 Å². The number of piperazine rings is 1. The molecule has 2 N–H and O–H groups in total. The molecule has 0 atom stereocenters. The fourth-order valence-corrected chi connectivity index (χ4v) is 4.43. The normalized spacial score (nSPS) is 19.4. The zero-order valence-electron chi connectivity index (χ0n) is 17.6. The lowest BCUT2D eigenvalue weighted by molar-refractivity contribution is -0.999. The smallest absolute Gasteiger partial charge is 0.219 e. The van der Waals surface area contributed by atoms with Crippen LogP contribution in [0, 0.1) is 6.92 Å². The van der Waals surface area contributed by atoms with Crippen molar-refractivity contribution in [2.45, 2.75) is 13.5 Å². The Morgan fingerprint density at radius 1 is 1.07 bits per heavy atom. The van der Waals surface area contributed by atoms with E-state index in [1.807, 2.05) is 18.2 Å². The molecule has 5 nitrogen and oxygen atoms in total. The maximum Gasteiger partial charge on any atom is 0.219 e. The van der Waals surface area contributed by atoms with Gasteiger partial charge in [0, 0.05) is 23.1 Å². The summed E-state index contributed by atoms with van der Waals surface area (Å²) in [4.78, 5) is 16.4. The number of carbonyl (C=O) groups is 1. The van der Waals surface area contributed by atoms with Crippen molar-refractivity contribution in [3.63, 3.8) is 0 Å². The molecule has 0 bridgehead atoms. The number of nitrogens with one attached hydrogen (secondary N) is 2. The van der Waals surface area contributed by atoms with Gasteiger partial charge >= 0.3 is 0 Å². The third-order valence-electron chi connectivity index (χ3n) is 6.21. The highest BCUT2D eigenvalue weighted by Gasteiger charge is 2.27. The first kappa shape index (κ1) is 19.7. The van der Waals surface area contributed by atoms with Crippen molar-refractivity contribution >= 4 is 16.7 Å². The molecule has 0 saturated carbocycles. The second-order valence-electron chi connectivity index (χ2n) is 8.22. The molecular formula is C24H31N3O2+2. The summed E-state index contributed by atoms with van der Waals surface area (Å²) in [5.41, 5.74) is 4.22. The zero-order valence-corrected chi connectivity index (χ0v) is 17.6. The van der Waals surface area contributed by atoms with Crippen molar-refractivity contribution in [3.8, 4) is 5.75 Å². The van der Waals surface area contributed by atoms with Crippen LogP contribution in [-0.2, 0) is 6.54 Å². The van der Waals surface area contributed by atoms with E-state index in [1.165, 1.54) is 10.5 Å². The number of likely N-dealkylation sites (N-methyl/N-ethyl adjacent to an activating group) is 1. The Bertz CT molecular complexity index is 1000. The minimum Gasteiger partial charge on any atom is -0.497 e. The number of nitrogens with zero attached hydrogens (tertiary/aromatic N) is 1. The lowest BCUT2D eigenvalue weighted by Gasteiger charge is -2.26. The molecule has 0 unspecified atom stereocenters. The van der Waals surface area contributed by atoms with Crippen LogP contribution in [0.1, 0.15) is 21.6 Å². The molecule has 5 heteroatoms. The lowest BCUT2D eigenvalue weighted by Crippen LogP contribution is -3.27. The van der Waals surface area contributed by atoms with E-state index in [2.05, 4.69) is 48.9 Å². The summed E-state index contributed by atoms with van der Waals surface area (Å²) in [6.45, 7) is 7.77. The fraction of sp³-hybridized carbons (Fsp3) is 0.375. The number of ketones is 1. The van der Waals surface area contributed by atoms with Crippen molar-refractivity contribution in [1.82, 2.24) is 4.57 Å². The Balaban J connectivity index is 1.71. The summed E-state index contributed by atoms with van der Waals surface area (Å²) in [5, 5.41) is 1.00. The number of hydrogen-bond donors (Lipinski definition) is 2. The topological polar surface area (TPSA) is 40.1 Å². The van der Waals surface area contributed by atoms with E-state index in [0.717, 1.165) is 60.6 Å². The number of methoxy groups -OCH3 is 1. The van der Waals surface area contributed by atoms with Crippen LogP contribution in [0.25, 0.3) is 10.9 Å². The maximum atomic E-state index is 13.4. The molecule has 2 aromatic carbocycles. The number of ether oxygens (including phenoxy) is 1. The Hall–Kier alpha value is -2.63. The van der Waals surface area contributed by atoms with Crippen molar-refractivity contribution in [2.75, 3.05) is 46.9 Å². The van der Waals surface area contributed by atoms with Crippen LogP contribution in [0.4, 0.5) is 0 Å². The first-order chi connectivity index (χ1) is 14.1. The van der Waals surface area contributed by atoms with Gasteiger partial charge in [0.15, 0.2) is 0 Å². The Labute approximate surface area is 172 Å². The van der Waals surface area contributed by atoms with E-state index < -0.39 is 0 Å². The summed E-state index contributed by atoms with van der Waals surface area (Å²) in [6.07, 6.45) is 0. The van der Waals surface area contributed by atoms with E-state index in [0.29, 0.717) is 6.54 Å². The summed E-state index contributed by atoms with van der Waals surface area (Å²) in [7, 11) is 3.90. The van der Waals surface area contributed by atoms with Gasteiger partial charge in [0.05, 0.1) is 19.7 Å². The summed E-state index contributed by atoms with van der Waals surface area (Å²) in [6, 6.07) is 16.5. The average molecular weight is 394 g/mol. The van der Waals surface area contributed by atoms with Crippen LogP contribution < -0.4 is 14.5 Å². The minimum atomic E-state index is 0.238. The third kappa shape index (κ3) is 4.07. The van der Waals surface area contributed by atoms with Gasteiger partial charge in [-0.15, -0.1) is 0 Å². The van der Waals surface area contributed by atoms with Gasteiger partial charge in [-0.05, 0) is 30.7 Å². The first-order valence-corrected chi connectivity index (χ1v) is 10.5. The highest BCUT2D eigenvalue weighted by atomic mass is 16.5. The zero-order chi connectivity index (χ0) is 20.4. The van der Waals surface area contributed by atoms with Crippen LogP contribution in [0.2, 0.25) is 0 Å². The molecule has 1 fully saturated rings. The SMILES string of the molecule is COc1ccc2c(c1)c(C(=O)C[NH+]1CC[NH+](C)CC1)c(C)n2Cc1ccccc1. The Kier molecular flexibility index (Phi) is 5.69. The van der Waals surface area contributed by atoms with Crippen LogP contribution in [0.5, 0.6) is 5.75 Å². The minimum absolute atomic E-state index is 0.238. The third-order valence-corrected chi connectivity index (χ3v) is 6.21. The second-order valence-corrected chi connectivity index (χ2v) is 8.22. The van der Waals surface area contributed by atoms with Crippen LogP contribution in [-0.4, -0.2) is 57.2 Å². The quantitative estimate of drug-likeness (QED) is 0.603. The first-order valence-electron chi connectivity index (χ1n) is 10.5. The monoisotopic (exact) mass is 393 g/mol. The molecule has 4 rings (SSSR count). The van der Waals surface area contributed by atoms with Crippen molar-refractivity contribution < 1.29 is 19.3 Å². The van der Waals surface area contributed by atoms with Gasteiger partial charge in [-0.1, -0.05) is 30.3 Å². The molecule has 1 aromatic heterocycles. The molecule has 0 amide bonds. The predicted molar refractivity (Wildman–Crippen MR) is 115 cm³/mol. The number of quaternary nitrogens is 2. The summed E-state index contributed by atoms with van der Waals surface area (Å²) in [5.74, 6) is 1.03. The molecule has 2 heterocycles. The molecule has 0 radical (unpaired) electrons. The van der Waals surface area contributed by atoms with Gasteiger partial charge in [0.25, 0.3) is 0 Å². The highest BCUT2D eigenvalue weighted by molar-refractivity contribution is 6.10. The number of rotatable bonds is 6. The molecular weight excluding hydrogens is 362 g/mol. The van der Waals surface area contributed by atoms with Crippen LogP contribution in [0.3, 0.4) is 0 Å². The van der Waals surface area contributed by atoms with E-state index in [1.54, 1.807) is 12.0 Å². The number of fused-ring (bicyclic) bond motifs is 1.